The van der Waals surface area contributed by atoms with Crippen LogP contribution in [0.4, 0.5) is 5.82 Å². The van der Waals surface area contributed by atoms with Gasteiger partial charge in [0.15, 0.2) is 0 Å². The minimum absolute atomic E-state index is 0.0337. The van der Waals surface area contributed by atoms with Crippen molar-refractivity contribution >= 4 is 17.6 Å². The van der Waals surface area contributed by atoms with Crippen LogP contribution in [0.3, 0.4) is 0 Å². The third kappa shape index (κ3) is 5.73. The summed E-state index contributed by atoms with van der Waals surface area (Å²) >= 11 is 0. The molecule has 0 bridgehead atoms. The Labute approximate surface area is 207 Å². The Balaban J connectivity index is 1.14. The van der Waals surface area contributed by atoms with E-state index in [1.165, 1.54) is 5.56 Å². The fourth-order valence-corrected chi connectivity index (χ4v) is 5.55. The number of benzene rings is 1. The van der Waals surface area contributed by atoms with E-state index in [1.54, 1.807) is 6.20 Å². The number of hydrogen-bond acceptors (Lipinski definition) is 5. The zero-order chi connectivity index (χ0) is 24.0. The number of nitrogens with one attached hydrogen (secondary N) is 1. The molecular weight excluding hydrogens is 438 g/mol. The summed E-state index contributed by atoms with van der Waals surface area (Å²) in [6.07, 6.45) is 8.15. The molecule has 0 spiro atoms. The highest BCUT2D eigenvalue weighted by molar-refractivity contribution is 5.88. The molecule has 7 heteroatoms. The second kappa shape index (κ2) is 11.0. The molecule has 5 rings (SSSR count). The molecule has 35 heavy (non-hydrogen) atoms. The molecule has 2 saturated heterocycles. The highest BCUT2D eigenvalue weighted by Gasteiger charge is 2.38. The van der Waals surface area contributed by atoms with Crippen LogP contribution in [0.2, 0.25) is 0 Å². The first-order chi connectivity index (χ1) is 17.2. The Morgan fingerprint density at radius 3 is 2.37 bits per heavy atom. The van der Waals surface area contributed by atoms with E-state index in [0.29, 0.717) is 25.9 Å². The fraction of sp³-hybridized carbons (Fsp3) is 0.464. The zero-order valence-corrected chi connectivity index (χ0v) is 20.3. The predicted molar refractivity (Wildman–Crippen MR) is 137 cm³/mol. The lowest BCUT2D eigenvalue weighted by Gasteiger charge is -2.38. The van der Waals surface area contributed by atoms with Gasteiger partial charge in [-0.2, -0.15) is 0 Å². The molecule has 1 N–H and O–H groups in total. The third-order valence-corrected chi connectivity index (χ3v) is 7.52. The van der Waals surface area contributed by atoms with Crippen molar-refractivity contribution in [3.8, 4) is 0 Å². The lowest BCUT2D eigenvalue weighted by atomic mass is 9.81. The van der Waals surface area contributed by atoms with Crippen LogP contribution in [0.5, 0.6) is 0 Å². The molecule has 2 fully saturated rings. The van der Waals surface area contributed by atoms with Gasteiger partial charge in [-0.25, -0.2) is 4.98 Å². The number of carbonyl (C=O) groups excluding carboxylic acids is 2. The van der Waals surface area contributed by atoms with Crippen LogP contribution < -0.4 is 10.2 Å². The average Bonchev–Trinajstić information content (AvgIpc) is 3.36. The molecule has 2 amide bonds. The second-order valence-corrected chi connectivity index (χ2v) is 9.87. The fourth-order valence-electron chi connectivity index (χ4n) is 5.55. The monoisotopic (exact) mass is 473 g/mol. The summed E-state index contributed by atoms with van der Waals surface area (Å²) in [4.78, 5) is 37.8. The standard InChI is InChI=1S/C28H35N5O2/c34-27(30-23-13-15-31(21-23)20-22-8-2-1-3-9-22)24-10-4-5-11-25(24)28(35)33-18-16-32(17-19-33)26-12-6-7-14-29-26/h1-9,12,14,23-25H,10-11,13,15-21H2,(H,30,34). The summed E-state index contributed by atoms with van der Waals surface area (Å²) in [5.74, 6) is 0.543. The van der Waals surface area contributed by atoms with Crippen molar-refractivity contribution in [2.75, 3.05) is 44.2 Å². The molecule has 1 aliphatic carbocycles. The van der Waals surface area contributed by atoms with Gasteiger partial charge in [0, 0.05) is 58.1 Å². The van der Waals surface area contributed by atoms with Crippen LogP contribution in [0.25, 0.3) is 0 Å². The van der Waals surface area contributed by atoms with E-state index in [1.807, 2.05) is 29.2 Å². The molecule has 2 aromatic rings. The number of amides is 2. The number of hydrogen-bond donors (Lipinski definition) is 1. The summed E-state index contributed by atoms with van der Waals surface area (Å²) in [6.45, 7) is 5.61. The molecule has 7 nitrogen and oxygen atoms in total. The topological polar surface area (TPSA) is 68.8 Å². The van der Waals surface area contributed by atoms with Crippen LogP contribution >= 0.6 is 0 Å². The smallest absolute Gasteiger partial charge is 0.226 e. The van der Waals surface area contributed by atoms with Gasteiger partial charge >= 0.3 is 0 Å². The summed E-state index contributed by atoms with van der Waals surface area (Å²) in [5, 5.41) is 3.28. The number of likely N-dealkylation sites (tertiary alicyclic amines) is 1. The lowest BCUT2D eigenvalue weighted by molar-refractivity contribution is -0.142. The number of aromatic nitrogens is 1. The number of piperazine rings is 1. The highest BCUT2D eigenvalue weighted by atomic mass is 16.2. The molecule has 3 heterocycles. The molecule has 3 atom stereocenters. The normalized spacial score (nSPS) is 25.0. The Bertz CT molecular complexity index is 1020. The van der Waals surface area contributed by atoms with Gasteiger partial charge in [-0.15, -0.1) is 0 Å². The maximum Gasteiger partial charge on any atom is 0.226 e. The summed E-state index contributed by atoms with van der Waals surface area (Å²) in [7, 11) is 0. The van der Waals surface area contributed by atoms with Crippen LogP contribution in [-0.2, 0) is 16.1 Å². The average molecular weight is 474 g/mol. The maximum absolute atomic E-state index is 13.5. The van der Waals surface area contributed by atoms with Gasteiger partial charge < -0.3 is 15.1 Å². The summed E-state index contributed by atoms with van der Waals surface area (Å²) in [6, 6.07) is 16.5. The van der Waals surface area contributed by atoms with Gasteiger partial charge in [0.05, 0.1) is 11.8 Å². The number of allylic oxidation sites excluding steroid dienone is 2. The van der Waals surface area contributed by atoms with Crippen LogP contribution in [-0.4, -0.2) is 71.9 Å². The van der Waals surface area contributed by atoms with E-state index in [0.717, 1.165) is 45.0 Å². The SMILES string of the molecule is O=C(NC1CCN(Cc2ccccc2)C1)C1CC=CCC1C(=O)N1CCN(c2ccccn2)CC1. The number of rotatable bonds is 6. The molecule has 0 radical (unpaired) electrons. The van der Waals surface area contributed by atoms with Crippen molar-refractivity contribution < 1.29 is 9.59 Å². The summed E-state index contributed by atoms with van der Waals surface area (Å²) < 4.78 is 0. The predicted octanol–water partition coefficient (Wildman–Crippen LogP) is 2.70. The maximum atomic E-state index is 13.5. The zero-order valence-electron chi connectivity index (χ0n) is 20.3. The Kier molecular flexibility index (Phi) is 7.42. The first-order valence-corrected chi connectivity index (χ1v) is 12.8. The largest absolute Gasteiger partial charge is 0.353 e. The van der Waals surface area contributed by atoms with Crippen molar-refractivity contribution in [3.63, 3.8) is 0 Å². The van der Waals surface area contributed by atoms with Crippen molar-refractivity contribution in [1.82, 2.24) is 20.1 Å². The number of nitrogens with zero attached hydrogens (tertiary/aromatic N) is 4. The number of carbonyl (C=O) groups is 2. The Hall–Kier alpha value is -3.19. The minimum atomic E-state index is -0.288. The molecule has 3 unspecified atom stereocenters. The molecular formula is C28H35N5O2. The third-order valence-electron chi connectivity index (χ3n) is 7.52. The molecule has 1 aromatic carbocycles. The van der Waals surface area contributed by atoms with Gasteiger partial charge in [0.25, 0.3) is 0 Å². The van der Waals surface area contributed by atoms with E-state index in [-0.39, 0.29) is 29.7 Å². The van der Waals surface area contributed by atoms with Crippen LogP contribution in [0.15, 0.2) is 66.9 Å². The van der Waals surface area contributed by atoms with Crippen molar-refractivity contribution in [3.05, 3.63) is 72.4 Å². The highest BCUT2D eigenvalue weighted by Crippen LogP contribution is 2.29. The van der Waals surface area contributed by atoms with E-state index < -0.39 is 0 Å². The van der Waals surface area contributed by atoms with Gasteiger partial charge in [-0.1, -0.05) is 48.6 Å². The van der Waals surface area contributed by atoms with Crippen LogP contribution in [0.1, 0.15) is 24.8 Å². The minimum Gasteiger partial charge on any atom is -0.353 e. The van der Waals surface area contributed by atoms with Gasteiger partial charge in [0.1, 0.15) is 5.82 Å². The van der Waals surface area contributed by atoms with E-state index in [2.05, 4.69) is 56.5 Å². The molecule has 2 aliphatic heterocycles. The van der Waals surface area contributed by atoms with Crippen molar-refractivity contribution in [2.45, 2.75) is 31.8 Å². The molecule has 3 aliphatic rings. The van der Waals surface area contributed by atoms with Gasteiger partial charge in [0.2, 0.25) is 11.8 Å². The number of anilines is 1. The second-order valence-electron chi connectivity index (χ2n) is 9.87. The van der Waals surface area contributed by atoms with Gasteiger partial charge in [-0.05, 0) is 37.0 Å². The van der Waals surface area contributed by atoms with E-state index >= 15 is 0 Å². The quantitative estimate of drug-likeness (QED) is 0.654. The molecule has 184 valence electrons. The number of pyridine rings is 1. The van der Waals surface area contributed by atoms with Crippen LogP contribution in [0, 0.1) is 11.8 Å². The molecule has 1 aromatic heterocycles. The van der Waals surface area contributed by atoms with Crippen molar-refractivity contribution in [2.24, 2.45) is 11.8 Å². The Morgan fingerprint density at radius 2 is 1.63 bits per heavy atom. The first kappa shape index (κ1) is 23.5. The molecule has 0 saturated carbocycles. The van der Waals surface area contributed by atoms with Crippen molar-refractivity contribution in [1.29, 1.82) is 0 Å². The lowest BCUT2D eigenvalue weighted by Crippen LogP contribution is -2.53. The first-order valence-electron chi connectivity index (χ1n) is 12.8. The van der Waals surface area contributed by atoms with Gasteiger partial charge in [-0.3, -0.25) is 14.5 Å². The van der Waals surface area contributed by atoms with E-state index in [4.69, 9.17) is 0 Å². The summed E-state index contributed by atoms with van der Waals surface area (Å²) in [5.41, 5.74) is 1.30. The van der Waals surface area contributed by atoms with E-state index in [9.17, 15) is 9.59 Å². The Morgan fingerprint density at radius 1 is 0.886 bits per heavy atom.